The predicted octanol–water partition coefficient (Wildman–Crippen LogP) is 2.27. The second kappa shape index (κ2) is 5.64. The van der Waals surface area contributed by atoms with Gasteiger partial charge in [0, 0.05) is 17.9 Å². The number of hydrogen-bond acceptors (Lipinski definition) is 2. The molecule has 88 valence electrons. The molecule has 0 aliphatic rings. The molecule has 0 spiro atoms. The van der Waals surface area contributed by atoms with Crippen LogP contribution in [0.3, 0.4) is 0 Å². The maximum absolute atomic E-state index is 11.5. The molecule has 1 heterocycles. The Hall–Kier alpha value is -1.38. The van der Waals surface area contributed by atoms with E-state index in [1.807, 2.05) is 32.2 Å². The summed E-state index contributed by atoms with van der Waals surface area (Å²) in [6.07, 6.45) is 2.21. The Morgan fingerprint density at radius 3 is 2.44 bits per heavy atom. The molecule has 1 N–H and O–H groups in total. The zero-order chi connectivity index (χ0) is 12.1. The summed E-state index contributed by atoms with van der Waals surface area (Å²) in [5.41, 5.74) is 2.02. The first kappa shape index (κ1) is 12.7. The third-order valence-corrected chi connectivity index (χ3v) is 2.31. The molecule has 3 nitrogen and oxygen atoms in total. The largest absolute Gasteiger partial charge is 0.354 e. The van der Waals surface area contributed by atoms with Crippen molar-refractivity contribution in [3.63, 3.8) is 0 Å². The number of carbonyl (C=O) groups excluding carboxylic acids is 1. The van der Waals surface area contributed by atoms with Gasteiger partial charge in [-0.15, -0.1) is 0 Å². The van der Waals surface area contributed by atoms with Crippen molar-refractivity contribution < 1.29 is 4.79 Å². The zero-order valence-corrected chi connectivity index (χ0v) is 10.4. The normalized spacial score (nSPS) is 10.9. The van der Waals surface area contributed by atoms with Crippen molar-refractivity contribution in [1.82, 2.24) is 10.3 Å². The molecule has 1 aromatic rings. The minimum Gasteiger partial charge on any atom is -0.354 e. The van der Waals surface area contributed by atoms with E-state index in [4.69, 9.17) is 0 Å². The van der Waals surface area contributed by atoms with Crippen LogP contribution in [0.15, 0.2) is 18.3 Å². The Labute approximate surface area is 97.3 Å². The van der Waals surface area contributed by atoms with E-state index < -0.39 is 0 Å². The lowest BCUT2D eigenvalue weighted by molar-refractivity contribution is -0.120. The Morgan fingerprint density at radius 2 is 2.00 bits per heavy atom. The number of rotatable bonds is 4. The van der Waals surface area contributed by atoms with Crippen LogP contribution in [0.2, 0.25) is 0 Å². The van der Waals surface area contributed by atoms with Gasteiger partial charge < -0.3 is 5.32 Å². The standard InChI is InChI=1S/C13H20N2O/c1-9(2)11-5-6-12(14-8-11)7-13(16)15-10(3)4/h5-6,8-10H,7H2,1-4H3,(H,15,16). The van der Waals surface area contributed by atoms with Crippen LogP contribution >= 0.6 is 0 Å². The highest BCUT2D eigenvalue weighted by Crippen LogP contribution is 2.12. The van der Waals surface area contributed by atoms with Gasteiger partial charge in [-0.2, -0.15) is 0 Å². The van der Waals surface area contributed by atoms with Gasteiger partial charge in [0.2, 0.25) is 5.91 Å². The van der Waals surface area contributed by atoms with E-state index >= 15 is 0 Å². The average Bonchev–Trinajstić information content (AvgIpc) is 2.16. The fraction of sp³-hybridized carbons (Fsp3) is 0.538. The molecule has 0 atom stereocenters. The topological polar surface area (TPSA) is 42.0 Å². The molecular formula is C13H20N2O. The van der Waals surface area contributed by atoms with Gasteiger partial charge in [0.05, 0.1) is 6.42 Å². The molecule has 16 heavy (non-hydrogen) atoms. The van der Waals surface area contributed by atoms with Gasteiger partial charge in [0.15, 0.2) is 0 Å². The van der Waals surface area contributed by atoms with Gasteiger partial charge in [0.25, 0.3) is 0 Å². The molecule has 0 aliphatic carbocycles. The summed E-state index contributed by atoms with van der Waals surface area (Å²) in [5, 5.41) is 2.85. The molecule has 0 radical (unpaired) electrons. The summed E-state index contributed by atoms with van der Waals surface area (Å²) in [5.74, 6) is 0.505. The fourth-order valence-electron chi connectivity index (χ4n) is 1.42. The highest BCUT2D eigenvalue weighted by molar-refractivity contribution is 5.78. The number of nitrogens with zero attached hydrogens (tertiary/aromatic N) is 1. The maximum Gasteiger partial charge on any atom is 0.226 e. The first-order chi connectivity index (χ1) is 7.49. The number of amides is 1. The lowest BCUT2D eigenvalue weighted by Crippen LogP contribution is -2.31. The van der Waals surface area contributed by atoms with E-state index in [0.29, 0.717) is 12.3 Å². The summed E-state index contributed by atoms with van der Waals surface area (Å²) >= 11 is 0. The van der Waals surface area contributed by atoms with Crippen molar-refractivity contribution in [3.8, 4) is 0 Å². The first-order valence-corrected chi connectivity index (χ1v) is 5.73. The summed E-state index contributed by atoms with van der Waals surface area (Å²) in [6.45, 7) is 8.16. The number of aromatic nitrogens is 1. The van der Waals surface area contributed by atoms with Crippen molar-refractivity contribution in [2.75, 3.05) is 0 Å². The highest BCUT2D eigenvalue weighted by atomic mass is 16.1. The summed E-state index contributed by atoms with van der Waals surface area (Å²) < 4.78 is 0. The molecule has 0 saturated heterocycles. The second-order valence-corrected chi connectivity index (χ2v) is 4.64. The molecule has 0 saturated carbocycles. The van der Waals surface area contributed by atoms with Gasteiger partial charge in [-0.25, -0.2) is 0 Å². The SMILES string of the molecule is CC(C)NC(=O)Cc1ccc(C(C)C)cn1. The summed E-state index contributed by atoms with van der Waals surface area (Å²) in [6, 6.07) is 4.15. The molecule has 0 bridgehead atoms. The molecule has 0 aliphatic heterocycles. The summed E-state index contributed by atoms with van der Waals surface area (Å²) in [7, 11) is 0. The maximum atomic E-state index is 11.5. The van der Waals surface area contributed by atoms with Crippen LogP contribution in [0, 0.1) is 0 Å². The van der Waals surface area contributed by atoms with Crippen molar-refractivity contribution in [2.24, 2.45) is 0 Å². The number of pyridine rings is 1. The van der Waals surface area contributed by atoms with E-state index in [1.54, 1.807) is 0 Å². The number of hydrogen-bond donors (Lipinski definition) is 1. The Balaban J connectivity index is 2.58. The molecule has 3 heteroatoms. The molecule has 0 fully saturated rings. The van der Waals surface area contributed by atoms with Crippen LogP contribution in [-0.2, 0) is 11.2 Å². The lowest BCUT2D eigenvalue weighted by atomic mass is 10.1. The minimum atomic E-state index is 0.0276. The van der Waals surface area contributed by atoms with Crippen LogP contribution in [0.5, 0.6) is 0 Å². The van der Waals surface area contributed by atoms with Crippen molar-refractivity contribution in [1.29, 1.82) is 0 Å². The van der Waals surface area contributed by atoms with Crippen molar-refractivity contribution in [2.45, 2.75) is 46.1 Å². The second-order valence-electron chi connectivity index (χ2n) is 4.64. The molecule has 1 amide bonds. The average molecular weight is 220 g/mol. The predicted molar refractivity (Wildman–Crippen MR) is 65.3 cm³/mol. The number of nitrogens with one attached hydrogen (secondary N) is 1. The third-order valence-electron chi connectivity index (χ3n) is 2.31. The molecule has 1 aromatic heterocycles. The van der Waals surface area contributed by atoms with Crippen molar-refractivity contribution >= 4 is 5.91 Å². The van der Waals surface area contributed by atoms with E-state index in [9.17, 15) is 4.79 Å². The highest BCUT2D eigenvalue weighted by Gasteiger charge is 2.06. The molecule has 0 aromatic carbocycles. The molecule has 0 unspecified atom stereocenters. The van der Waals surface area contributed by atoms with E-state index in [2.05, 4.69) is 24.1 Å². The van der Waals surface area contributed by atoms with Crippen LogP contribution < -0.4 is 5.32 Å². The van der Waals surface area contributed by atoms with Crippen LogP contribution in [0.1, 0.15) is 44.9 Å². The van der Waals surface area contributed by atoms with Crippen LogP contribution in [0.25, 0.3) is 0 Å². The quantitative estimate of drug-likeness (QED) is 0.845. The Kier molecular flexibility index (Phi) is 4.47. The van der Waals surface area contributed by atoms with Crippen molar-refractivity contribution in [3.05, 3.63) is 29.6 Å². The van der Waals surface area contributed by atoms with Gasteiger partial charge in [-0.05, 0) is 31.4 Å². The van der Waals surface area contributed by atoms with E-state index in [1.165, 1.54) is 5.56 Å². The molecular weight excluding hydrogens is 200 g/mol. The van der Waals surface area contributed by atoms with E-state index in [-0.39, 0.29) is 11.9 Å². The monoisotopic (exact) mass is 220 g/mol. The van der Waals surface area contributed by atoms with Gasteiger partial charge in [-0.1, -0.05) is 19.9 Å². The Bertz CT molecular complexity index is 341. The van der Waals surface area contributed by atoms with E-state index in [0.717, 1.165) is 5.69 Å². The van der Waals surface area contributed by atoms with Crippen LogP contribution in [-0.4, -0.2) is 16.9 Å². The zero-order valence-electron chi connectivity index (χ0n) is 10.4. The third kappa shape index (κ3) is 4.01. The minimum absolute atomic E-state index is 0.0276. The number of carbonyl (C=O) groups is 1. The smallest absolute Gasteiger partial charge is 0.226 e. The van der Waals surface area contributed by atoms with Gasteiger partial charge in [-0.3, -0.25) is 9.78 Å². The van der Waals surface area contributed by atoms with Gasteiger partial charge >= 0.3 is 0 Å². The van der Waals surface area contributed by atoms with Gasteiger partial charge in [0.1, 0.15) is 0 Å². The molecule has 1 rings (SSSR count). The first-order valence-electron chi connectivity index (χ1n) is 5.73. The lowest BCUT2D eigenvalue weighted by Gasteiger charge is -2.08. The summed E-state index contributed by atoms with van der Waals surface area (Å²) in [4.78, 5) is 15.8. The Morgan fingerprint density at radius 1 is 1.31 bits per heavy atom. The fourth-order valence-corrected chi connectivity index (χ4v) is 1.42. The van der Waals surface area contributed by atoms with Crippen LogP contribution in [0.4, 0.5) is 0 Å².